The van der Waals surface area contributed by atoms with Crippen LogP contribution >= 0.6 is 0 Å². The van der Waals surface area contributed by atoms with Crippen LogP contribution in [0.25, 0.3) is 33.2 Å². The number of hydrogen-bond acceptors (Lipinski definition) is 5. The van der Waals surface area contributed by atoms with Gasteiger partial charge in [0.2, 0.25) is 0 Å². The molecule has 1 amide bonds. The molecular formula is C23H20N6O2. The first-order chi connectivity index (χ1) is 15.2. The van der Waals surface area contributed by atoms with E-state index in [9.17, 15) is 4.79 Å². The molecule has 0 bridgehead atoms. The second kappa shape index (κ2) is 8.00. The normalized spacial score (nSPS) is 12.3. The second-order valence-electron chi connectivity index (χ2n) is 7.20. The monoisotopic (exact) mass is 412 g/mol. The maximum absolute atomic E-state index is 12.9. The molecule has 8 heteroatoms. The number of amides is 1. The molecule has 154 valence electrons. The Morgan fingerprint density at radius 2 is 1.90 bits per heavy atom. The number of H-pyrrole nitrogens is 2. The molecule has 0 aliphatic carbocycles. The van der Waals surface area contributed by atoms with Gasteiger partial charge in [-0.25, -0.2) is 4.98 Å². The molecule has 0 spiro atoms. The molecule has 5 aromatic rings. The van der Waals surface area contributed by atoms with Gasteiger partial charge < -0.3 is 15.0 Å². The molecule has 2 aromatic carbocycles. The molecule has 3 heterocycles. The number of pyridine rings is 1. The van der Waals surface area contributed by atoms with Crippen molar-refractivity contribution < 1.29 is 9.53 Å². The third-order valence-electron chi connectivity index (χ3n) is 5.17. The number of rotatable bonds is 6. The quantitative estimate of drug-likeness (QED) is 0.395. The molecule has 3 N–H and O–H groups in total. The fourth-order valence-corrected chi connectivity index (χ4v) is 3.66. The average Bonchev–Trinajstić information content (AvgIpc) is 3.42. The number of benzene rings is 2. The minimum Gasteiger partial charge on any atom is -0.382 e. The van der Waals surface area contributed by atoms with E-state index in [1.807, 2.05) is 54.6 Å². The predicted octanol–water partition coefficient (Wildman–Crippen LogP) is 3.62. The first kappa shape index (κ1) is 19.0. The van der Waals surface area contributed by atoms with Crippen molar-refractivity contribution in [3.63, 3.8) is 0 Å². The van der Waals surface area contributed by atoms with Crippen LogP contribution in [0, 0.1) is 0 Å². The molecule has 0 saturated carbocycles. The highest BCUT2D eigenvalue weighted by Crippen LogP contribution is 2.29. The Labute approximate surface area is 177 Å². The van der Waals surface area contributed by atoms with Crippen molar-refractivity contribution in [2.75, 3.05) is 13.7 Å². The summed E-state index contributed by atoms with van der Waals surface area (Å²) in [5.41, 5.74) is 5.05. The Balaban J connectivity index is 1.47. The molecule has 0 aliphatic rings. The summed E-state index contributed by atoms with van der Waals surface area (Å²) < 4.78 is 5.29. The van der Waals surface area contributed by atoms with E-state index < -0.39 is 0 Å². The molecule has 0 saturated heterocycles. The van der Waals surface area contributed by atoms with E-state index in [1.165, 1.54) is 0 Å². The maximum atomic E-state index is 12.9. The average molecular weight is 412 g/mol. The number of aromatic nitrogens is 5. The number of fused-ring (bicyclic) bond motifs is 2. The lowest BCUT2D eigenvalue weighted by Crippen LogP contribution is -2.32. The summed E-state index contributed by atoms with van der Waals surface area (Å²) in [6.45, 7) is 0.361. The SMILES string of the molecule is COC[C@@H](NC(=O)c1nc2cc3c(-c4ccncc4)n[nH]c3cc2[nH]1)c1ccccc1. The molecule has 31 heavy (non-hydrogen) atoms. The summed E-state index contributed by atoms with van der Waals surface area (Å²) in [5.74, 6) is -0.0450. The fourth-order valence-electron chi connectivity index (χ4n) is 3.66. The summed E-state index contributed by atoms with van der Waals surface area (Å²) in [4.78, 5) is 24.6. The zero-order valence-electron chi connectivity index (χ0n) is 16.8. The van der Waals surface area contributed by atoms with E-state index in [0.29, 0.717) is 12.1 Å². The van der Waals surface area contributed by atoms with Crippen LogP contribution < -0.4 is 5.32 Å². The van der Waals surface area contributed by atoms with Crippen molar-refractivity contribution in [1.82, 2.24) is 30.5 Å². The van der Waals surface area contributed by atoms with Crippen LogP contribution in [0.1, 0.15) is 22.2 Å². The van der Waals surface area contributed by atoms with E-state index in [4.69, 9.17) is 4.74 Å². The minimum atomic E-state index is -0.293. The van der Waals surface area contributed by atoms with Gasteiger partial charge >= 0.3 is 0 Å². The first-order valence-corrected chi connectivity index (χ1v) is 9.86. The minimum absolute atomic E-state index is 0.248. The zero-order chi connectivity index (χ0) is 21.2. The Hall–Kier alpha value is -4.04. The topological polar surface area (TPSA) is 109 Å². The summed E-state index contributed by atoms with van der Waals surface area (Å²) in [5, 5.41) is 11.4. The lowest BCUT2D eigenvalue weighted by atomic mass is 10.1. The van der Waals surface area contributed by atoms with Gasteiger partial charge in [-0.05, 0) is 29.8 Å². The number of methoxy groups -OCH3 is 1. The van der Waals surface area contributed by atoms with Gasteiger partial charge in [0.15, 0.2) is 5.82 Å². The standard InChI is InChI=1S/C23H20N6O2/c1-31-13-20(14-5-3-2-4-6-14)27-23(30)22-25-18-11-16-17(12-19(18)26-22)28-29-21(16)15-7-9-24-10-8-15/h2-12,20H,13H2,1H3,(H,25,26)(H,27,30)(H,28,29)/t20-/m1/s1. The molecule has 0 unspecified atom stereocenters. The molecule has 0 radical (unpaired) electrons. The lowest BCUT2D eigenvalue weighted by Gasteiger charge is -2.17. The number of nitrogens with one attached hydrogen (secondary N) is 3. The van der Waals surface area contributed by atoms with E-state index in [2.05, 4.69) is 30.5 Å². The maximum Gasteiger partial charge on any atom is 0.287 e. The number of carbonyl (C=O) groups excluding carboxylic acids is 1. The van der Waals surface area contributed by atoms with Gasteiger partial charge in [0.05, 0.1) is 29.2 Å². The van der Waals surface area contributed by atoms with Crippen molar-refractivity contribution in [2.45, 2.75) is 6.04 Å². The van der Waals surface area contributed by atoms with Gasteiger partial charge in [-0.2, -0.15) is 5.10 Å². The van der Waals surface area contributed by atoms with Gasteiger partial charge in [-0.15, -0.1) is 0 Å². The molecule has 0 aliphatic heterocycles. The van der Waals surface area contributed by atoms with Gasteiger partial charge in [-0.3, -0.25) is 14.9 Å². The Morgan fingerprint density at radius 1 is 1.10 bits per heavy atom. The van der Waals surface area contributed by atoms with Crippen LogP contribution in [-0.4, -0.2) is 44.8 Å². The Morgan fingerprint density at radius 3 is 2.68 bits per heavy atom. The smallest absolute Gasteiger partial charge is 0.287 e. The number of ether oxygens (including phenoxy) is 1. The lowest BCUT2D eigenvalue weighted by molar-refractivity contribution is 0.0887. The summed E-state index contributed by atoms with van der Waals surface area (Å²) in [6, 6.07) is 17.1. The molecule has 1 atom stereocenters. The van der Waals surface area contributed by atoms with E-state index in [-0.39, 0.29) is 17.8 Å². The van der Waals surface area contributed by atoms with Crippen LogP contribution in [-0.2, 0) is 4.74 Å². The van der Waals surface area contributed by atoms with Gasteiger partial charge in [0.25, 0.3) is 5.91 Å². The van der Waals surface area contributed by atoms with Crippen molar-refractivity contribution >= 4 is 27.8 Å². The largest absolute Gasteiger partial charge is 0.382 e. The fraction of sp³-hybridized carbons (Fsp3) is 0.130. The van der Waals surface area contributed by atoms with Gasteiger partial charge in [0, 0.05) is 30.5 Å². The van der Waals surface area contributed by atoms with Crippen molar-refractivity contribution in [2.24, 2.45) is 0 Å². The summed E-state index contributed by atoms with van der Waals surface area (Å²) in [6.07, 6.45) is 3.46. The zero-order valence-corrected chi connectivity index (χ0v) is 16.8. The number of carbonyl (C=O) groups is 1. The van der Waals surface area contributed by atoms with Gasteiger partial charge in [-0.1, -0.05) is 30.3 Å². The van der Waals surface area contributed by atoms with Crippen molar-refractivity contribution in [1.29, 1.82) is 0 Å². The van der Waals surface area contributed by atoms with Crippen LogP contribution in [0.2, 0.25) is 0 Å². The predicted molar refractivity (Wildman–Crippen MR) is 118 cm³/mol. The third-order valence-corrected chi connectivity index (χ3v) is 5.17. The molecule has 5 rings (SSSR count). The van der Waals surface area contributed by atoms with E-state index in [1.54, 1.807) is 19.5 Å². The summed E-state index contributed by atoms with van der Waals surface area (Å²) >= 11 is 0. The number of nitrogens with zero attached hydrogens (tertiary/aromatic N) is 3. The Bertz CT molecular complexity index is 1340. The van der Waals surface area contributed by atoms with Crippen molar-refractivity contribution in [3.8, 4) is 11.3 Å². The van der Waals surface area contributed by atoms with Crippen LogP contribution in [0.4, 0.5) is 0 Å². The van der Waals surface area contributed by atoms with Crippen molar-refractivity contribution in [3.05, 3.63) is 78.4 Å². The van der Waals surface area contributed by atoms with E-state index >= 15 is 0 Å². The van der Waals surface area contributed by atoms with Crippen LogP contribution in [0.15, 0.2) is 67.0 Å². The molecule has 0 fully saturated rings. The molecular weight excluding hydrogens is 392 g/mol. The molecule has 3 aromatic heterocycles. The Kier molecular flexibility index (Phi) is 4.89. The number of aromatic amines is 2. The summed E-state index contributed by atoms with van der Waals surface area (Å²) in [7, 11) is 1.61. The highest BCUT2D eigenvalue weighted by Gasteiger charge is 2.19. The third kappa shape index (κ3) is 3.64. The number of imidazole rings is 1. The van der Waals surface area contributed by atoms with E-state index in [0.717, 1.165) is 33.2 Å². The second-order valence-corrected chi connectivity index (χ2v) is 7.20. The van der Waals surface area contributed by atoms with Crippen LogP contribution in [0.5, 0.6) is 0 Å². The molecule has 8 nitrogen and oxygen atoms in total. The highest BCUT2D eigenvalue weighted by molar-refractivity contribution is 6.02. The first-order valence-electron chi connectivity index (χ1n) is 9.86. The van der Waals surface area contributed by atoms with Gasteiger partial charge in [0.1, 0.15) is 5.69 Å². The van der Waals surface area contributed by atoms with Crippen LogP contribution in [0.3, 0.4) is 0 Å². The highest BCUT2D eigenvalue weighted by atomic mass is 16.5. The number of hydrogen-bond donors (Lipinski definition) is 3.